The second-order valence-corrected chi connectivity index (χ2v) is 4.83. The van der Waals surface area contributed by atoms with E-state index in [1.54, 1.807) is 0 Å². The number of benzene rings is 1. The molecule has 0 bridgehead atoms. The molecule has 4 aromatic rings. The second-order valence-electron chi connectivity index (χ2n) is 4.65. The van der Waals surface area contributed by atoms with Crippen molar-refractivity contribution in [2.45, 2.75) is 0 Å². The standard InChI is InChI=1S/C15H11N3S/c1-16-12-7-10-11(8-13(12)17-19)14-4-2-3-9-5-6-15(10)18(9)14/h2-8,16H,1H3. The summed E-state index contributed by atoms with van der Waals surface area (Å²) >= 11 is 4.87. The minimum Gasteiger partial charge on any atom is -0.386 e. The van der Waals surface area contributed by atoms with Crippen molar-refractivity contribution in [1.82, 2.24) is 4.40 Å². The Kier molecular flexibility index (Phi) is 2.05. The molecule has 4 heteroatoms. The third-order valence-corrected chi connectivity index (χ3v) is 3.93. The highest BCUT2D eigenvalue weighted by Gasteiger charge is 2.13. The summed E-state index contributed by atoms with van der Waals surface area (Å²) < 4.78 is 6.22. The Morgan fingerprint density at radius 3 is 2.63 bits per heavy atom. The fourth-order valence-corrected chi connectivity index (χ4v) is 3.02. The van der Waals surface area contributed by atoms with E-state index in [0.717, 1.165) is 11.4 Å². The predicted octanol–water partition coefficient (Wildman–Crippen LogP) is 4.09. The third kappa shape index (κ3) is 1.26. The lowest BCUT2D eigenvalue weighted by atomic mass is 10.1. The van der Waals surface area contributed by atoms with Crippen LogP contribution in [0.5, 0.6) is 0 Å². The van der Waals surface area contributed by atoms with Crippen molar-refractivity contribution in [3.05, 3.63) is 42.5 Å². The highest BCUT2D eigenvalue weighted by molar-refractivity contribution is 7.47. The molecule has 0 aliphatic rings. The number of anilines is 1. The van der Waals surface area contributed by atoms with Crippen LogP contribution in [0.1, 0.15) is 0 Å². The Bertz CT molecular complexity index is 923. The van der Waals surface area contributed by atoms with Crippen molar-refractivity contribution in [1.29, 1.82) is 0 Å². The monoisotopic (exact) mass is 265 g/mol. The zero-order valence-electron chi connectivity index (χ0n) is 10.3. The zero-order valence-corrected chi connectivity index (χ0v) is 11.2. The quantitative estimate of drug-likeness (QED) is 0.591. The topological polar surface area (TPSA) is 28.8 Å². The zero-order chi connectivity index (χ0) is 13.0. The summed E-state index contributed by atoms with van der Waals surface area (Å²) in [7, 11) is 1.89. The molecule has 19 heavy (non-hydrogen) atoms. The van der Waals surface area contributed by atoms with E-state index in [1.807, 2.05) is 7.05 Å². The van der Waals surface area contributed by atoms with Crippen LogP contribution in [-0.4, -0.2) is 11.4 Å². The first-order chi connectivity index (χ1) is 9.33. The van der Waals surface area contributed by atoms with Crippen LogP contribution >= 0.6 is 0 Å². The summed E-state index contributed by atoms with van der Waals surface area (Å²) in [6.07, 6.45) is 0. The van der Waals surface area contributed by atoms with Gasteiger partial charge in [-0.2, -0.15) is 4.36 Å². The Morgan fingerprint density at radius 2 is 1.84 bits per heavy atom. The van der Waals surface area contributed by atoms with Crippen molar-refractivity contribution in [2.75, 3.05) is 12.4 Å². The average molecular weight is 265 g/mol. The lowest BCUT2D eigenvalue weighted by Gasteiger charge is -2.04. The van der Waals surface area contributed by atoms with Gasteiger partial charge in [-0.1, -0.05) is 6.07 Å². The van der Waals surface area contributed by atoms with Crippen LogP contribution < -0.4 is 5.32 Å². The van der Waals surface area contributed by atoms with Crippen molar-refractivity contribution in [3.63, 3.8) is 0 Å². The van der Waals surface area contributed by atoms with Crippen LogP contribution in [0.15, 0.2) is 46.8 Å². The van der Waals surface area contributed by atoms with Gasteiger partial charge in [0, 0.05) is 35.8 Å². The molecule has 0 radical (unpaired) electrons. The van der Waals surface area contributed by atoms with Gasteiger partial charge in [0.2, 0.25) is 0 Å². The fraction of sp³-hybridized carbons (Fsp3) is 0.0667. The molecule has 92 valence electrons. The van der Waals surface area contributed by atoms with Crippen LogP contribution in [0.25, 0.3) is 27.3 Å². The highest BCUT2D eigenvalue weighted by atomic mass is 32.1. The molecule has 3 heterocycles. The molecule has 0 amide bonds. The predicted molar refractivity (Wildman–Crippen MR) is 82.6 cm³/mol. The molecule has 0 fully saturated rings. The molecule has 4 rings (SSSR count). The third-order valence-electron chi connectivity index (χ3n) is 3.73. The lowest BCUT2D eigenvalue weighted by Crippen LogP contribution is -1.87. The smallest absolute Gasteiger partial charge is 0.101 e. The van der Waals surface area contributed by atoms with Gasteiger partial charge in [-0.25, -0.2) is 0 Å². The number of nitrogens with one attached hydrogen (secondary N) is 1. The fourth-order valence-electron chi connectivity index (χ4n) is 2.87. The van der Waals surface area contributed by atoms with E-state index < -0.39 is 0 Å². The first-order valence-corrected chi connectivity index (χ1v) is 6.50. The van der Waals surface area contributed by atoms with Gasteiger partial charge in [0.15, 0.2) is 0 Å². The van der Waals surface area contributed by atoms with Crippen molar-refractivity contribution < 1.29 is 0 Å². The number of fused-ring (bicyclic) bond motifs is 3. The van der Waals surface area contributed by atoms with Gasteiger partial charge in [0.25, 0.3) is 0 Å². The molecule has 0 spiro atoms. The van der Waals surface area contributed by atoms with E-state index >= 15 is 0 Å². The molecule has 0 unspecified atom stereocenters. The van der Waals surface area contributed by atoms with Crippen LogP contribution in [0.4, 0.5) is 11.4 Å². The van der Waals surface area contributed by atoms with Crippen molar-refractivity contribution in [2.24, 2.45) is 4.36 Å². The minimum absolute atomic E-state index is 0.819. The summed E-state index contributed by atoms with van der Waals surface area (Å²) in [6, 6.07) is 14.8. The maximum atomic E-state index is 4.87. The van der Waals surface area contributed by atoms with Crippen LogP contribution in [0, 0.1) is 0 Å². The molecular formula is C15H11N3S. The highest BCUT2D eigenvalue weighted by Crippen LogP contribution is 2.37. The molecule has 0 aliphatic heterocycles. The minimum atomic E-state index is 0.819. The van der Waals surface area contributed by atoms with E-state index in [2.05, 4.69) is 56.5 Å². The van der Waals surface area contributed by atoms with E-state index in [0.29, 0.717) is 0 Å². The van der Waals surface area contributed by atoms with E-state index in [1.165, 1.54) is 27.3 Å². The Morgan fingerprint density at radius 1 is 1.05 bits per heavy atom. The van der Waals surface area contributed by atoms with Gasteiger partial charge >= 0.3 is 0 Å². The van der Waals surface area contributed by atoms with Crippen molar-refractivity contribution in [3.8, 4) is 0 Å². The lowest BCUT2D eigenvalue weighted by molar-refractivity contribution is 1.36. The Balaban J connectivity index is 2.30. The number of rotatable bonds is 2. The van der Waals surface area contributed by atoms with E-state index in [4.69, 9.17) is 12.4 Å². The molecule has 1 aromatic carbocycles. The largest absolute Gasteiger partial charge is 0.386 e. The number of hydrogen-bond donors (Lipinski definition) is 1. The number of nitrogens with zero attached hydrogens (tertiary/aromatic N) is 2. The van der Waals surface area contributed by atoms with Crippen LogP contribution in [-0.2, 0) is 12.4 Å². The van der Waals surface area contributed by atoms with Crippen molar-refractivity contribution >= 4 is 51.1 Å². The summed E-state index contributed by atoms with van der Waals surface area (Å²) in [4.78, 5) is 0. The molecule has 3 aromatic heterocycles. The van der Waals surface area contributed by atoms with E-state index in [9.17, 15) is 0 Å². The summed E-state index contributed by atoms with van der Waals surface area (Å²) in [5.41, 5.74) is 5.44. The second kappa shape index (κ2) is 3.65. The number of pyridine rings is 1. The van der Waals surface area contributed by atoms with Gasteiger partial charge in [-0.3, -0.25) is 0 Å². The first kappa shape index (κ1) is 10.7. The maximum absolute atomic E-state index is 4.87. The summed E-state index contributed by atoms with van der Waals surface area (Å²) in [5, 5.41) is 5.59. The van der Waals surface area contributed by atoms with Gasteiger partial charge in [0.1, 0.15) is 5.69 Å². The van der Waals surface area contributed by atoms with Crippen LogP contribution in [0.3, 0.4) is 0 Å². The van der Waals surface area contributed by atoms with Gasteiger partial charge in [0.05, 0.1) is 16.7 Å². The maximum Gasteiger partial charge on any atom is 0.101 e. The molecule has 1 N–H and O–H groups in total. The molecule has 0 saturated heterocycles. The number of aromatic nitrogens is 1. The Labute approximate surface area is 115 Å². The number of hydrogen-bond acceptors (Lipinski definition) is 3. The normalized spacial score (nSPS) is 11.6. The summed E-state index contributed by atoms with van der Waals surface area (Å²) in [5.74, 6) is 0. The SMILES string of the molecule is CNc1cc2c(cc1N=S)c1cccc3ccc2n31. The van der Waals surface area contributed by atoms with Crippen LogP contribution in [0.2, 0.25) is 0 Å². The molecular weight excluding hydrogens is 254 g/mol. The summed E-state index contributed by atoms with van der Waals surface area (Å²) in [6.45, 7) is 0. The first-order valence-electron chi connectivity index (χ1n) is 6.14. The molecule has 0 aliphatic carbocycles. The molecule has 0 saturated carbocycles. The van der Waals surface area contributed by atoms with E-state index in [-0.39, 0.29) is 0 Å². The van der Waals surface area contributed by atoms with Gasteiger partial charge in [-0.05, 0) is 36.4 Å². The average Bonchev–Trinajstić information content (AvgIpc) is 3.02. The Hall–Kier alpha value is -2.20. The van der Waals surface area contributed by atoms with Gasteiger partial charge < -0.3 is 9.72 Å². The van der Waals surface area contributed by atoms with Gasteiger partial charge in [-0.15, -0.1) is 0 Å². The molecule has 0 atom stereocenters. The molecule has 3 nitrogen and oxygen atoms in total.